The lowest BCUT2D eigenvalue weighted by Gasteiger charge is -2.29. The SMILES string of the molecule is COCCOc1ccc(S(=O)(=O)N(C)CC(=O)N2c3ccccc3NC(=O)CC2C)cc1. The van der Waals surface area contributed by atoms with Crippen LogP contribution < -0.4 is 15.0 Å². The number of fused-ring (bicyclic) bond motifs is 1. The lowest BCUT2D eigenvalue weighted by atomic mass is 10.1. The Labute approximate surface area is 188 Å². The van der Waals surface area contributed by atoms with Gasteiger partial charge in [-0.15, -0.1) is 0 Å². The second kappa shape index (κ2) is 10.1. The number of likely N-dealkylation sites (N-methyl/N-ethyl adjacent to an activating group) is 1. The Morgan fingerprint density at radius 3 is 2.53 bits per heavy atom. The first-order chi connectivity index (χ1) is 15.2. The van der Waals surface area contributed by atoms with Crippen LogP contribution >= 0.6 is 0 Å². The van der Waals surface area contributed by atoms with Gasteiger partial charge >= 0.3 is 0 Å². The molecule has 10 heteroatoms. The fourth-order valence-electron chi connectivity index (χ4n) is 3.45. The van der Waals surface area contributed by atoms with Crippen molar-refractivity contribution in [3.05, 3.63) is 48.5 Å². The molecule has 0 saturated heterocycles. The quantitative estimate of drug-likeness (QED) is 0.604. The Balaban J connectivity index is 1.76. The van der Waals surface area contributed by atoms with E-state index < -0.39 is 22.0 Å². The molecule has 0 spiro atoms. The summed E-state index contributed by atoms with van der Waals surface area (Å²) in [5.41, 5.74) is 1.06. The molecule has 2 aromatic carbocycles. The monoisotopic (exact) mass is 461 g/mol. The fourth-order valence-corrected chi connectivity index (χ4v) is 4.57. The number of carbonyl (C=O) groups excluding carboxylic acids is 2. The molecule has 9 nitrogen and oxygen atoms in total. The minimum Gasteiger partial charge on any atom is -0.491 e. The summed E-state index contributed by atoms with van der Waals surface area (Å²) in [6, 6.07) is 12.5. The molecule has 0 radical (unpaired) electrons. The number of carbonyl (C=O) groups is 2. The summed E-state index contributed by atoms with van der Waals surface area (Å²) in [6.45, 7) is 2.16. The van der Waals surface area contributed by atoms with Gasteiger partial charge in [-0.25, -0.2) is 8.42 Å². The van der Waals surface area contributed by atoms with Crippen LogP contribution in [0.3, 0.4) is 0 Å². The lowest BCUT2D eigenvalue weighted by Crippen LogP contribution is -2.45. The van der Waals surface area contributed by atoms with Crippen molar-refractivity contribution in [3.63, 3.8) is 0 Å². The van der Waals surface area contributed by atoms with E-state index in [1.54, 1.807) is 50.4 Å². The van der Waals surface area contributed by atoms with Gasteiger partial charge in [0.25, 0.3) is 0 Å². The van der Waals surface area contributed by atoms with Crippen LogP contribution in [0.25, 0.3) is 0 Å². The highest BCUT2D eigenvalue weighted by Crippen LogP contribution is 2.31. The van der Waals surface area contributed by atoms with Crippen LogP contribution in [0.5, 0.6) is 5.75 Å². The zero-order valence-corrected chi connectivity index (χ0v) is 19.1. The smallest absolute Gasteiger partial charge is 0.243 e. The van der Waals surface area contributed by atoms with Crippen molar-refractivity contribution in [1.29, 1.82) is 0 Å². The van der Waals surface area contributed by atoms with Crippen LogP contribution in [-0.4, -0.2) is 64.5 Å². The zero-order chi connectivity index (χ0) is 23.3. The number of para-hydroxylation sites is 2. The third kappa shape index (κ3) is 5.26. The Morgan fingerprint density at radius 1 is 1.16 bits per heavy atom. The molecule has 3 rings (SSSR count). The summed E-state index contributed by atoms with van der Waals surface area (Å²) in [5.74, 6) is -0.104. The molecule has 1 heterocycles. The lowest BCUT2D eigenvalue weighted by molar-refractivity contribution is -0.119. The van der Waals surface area contributed by atoms with Crippen molar-refractivity contribution in [3.8, 4) is 5.75 Å². The highest BCUT2D eigenvalue weighted by molar-refractivity contribution is 7.89. The van der Waals surface area contributed by atoms with Crippen molar-refractivity contribution >= 4 is 33.2 Å². The maximum atomic E-state index is 13.2. The first kappa shape index (κ1) is 23.7. The topological polar surface area (TPSA) is 105 Å². The molecule has 1 aliphatic heterocycles. The average Bonchev–Trinajstić information content (AvgIpc) is 2.88. The number of rotatable bonds is 8. The Morgan fingerprint density at radius 2 is 1.84 bits per heavy atom. The summed E-state index contributed by atoms with van der Waals surface area (Å²) < 4.78 is 37.4. The summed E-state index contributed by atoms with van der Waals surface area (Å²) in [4.78, 5) is 26.8. The van der Waals surface area contributed by atoms with E-state index in [-0.39, 0.29) is 23.8 Å². The second-order valence-corrected chi connectivity index (χ2v) is 9.50. The molecule has 0 bridgehead atoms. The third-order valence-corrected chi connectivity index (χ3v) is 6.89. The standard InChI is InChI=1S/C22H27N3O6S/c1-16-14-21(26)23-19-6-4-5-7-20(19)25(16)22(27)15-24(2)32(28,29)18-10-8-17(9-11-18)31-13-12-30-3/h4-11,16H,12-15H2,1-3H3,(H,23,26). The minimum atomic E-state index is -3.91. The first-order valence-corrected chi connectivity index (χ1v) is 11.6. The van der Waals surface area contributed by atoms with Crippen molar-refractivity contribution in [2.24, 2.45) is 0 Å². The van der Waals surface area contributed by atoms with Crippen molar-refractivity contribution in [2.75, 3.05) is 44.1 Å². The molecule has 0 fully saturated rings. The zero-order valence-electron chi connectivity index (χ0n) is 18.3. The molecule has 2 aromatic rings. The van der Waals surface area contributed by atoms with Gasteiger partial charge in [-0.1, -0.05) is 12.1 Å². The minimum absolute atomic E-state index is 0.0491. The van der Waals surface area contributed by atoms with E-state index in [2.05, 4.69) is 5.32 Å². The van der Waals surface area contributed by atoms with Gasteiger partial charge in [0.15, 0.2) is 0 Å². The number of anilines is 2. The summed E-state index contributed by atoms with van der Waals surface area (Å²) >= 11 is 0. The maximum absolute atomic E-state index is 13.2. The van der Waals surface area contributed by atoms with Gasteiger partial charge in [-0.2, -0.15) is 4.31 Å². The van der Waals surface area contributed by atoms with E-state index in [1.807, 2.05) is 0 Å². The number of amides is 2. The Hall–Kier alpha value is -2.95. The molecule has 0 saturated carbocycles. The summed E-state index contributed by atoms with van der Waals surface area (Å²) in [5, 5.41) is 2.79. The molecule has 0 aromatic heterocycles. The van der Waals surface area contributed by atoms with Crippen LogP contribution in [0.15, 0.2) is 53.4 Å². The van der Waals surface area contributed by atoms with Gasteiger partial charge < -0.3 is 19.7 Å². The van der Waals surface area contributed by atoms with E-state index >= 15 is 0 Å². The molecular formula is C22H27N3O6S. The molecule has 0 aliphatic carbocycles. The van der Waals surface area contributed by atoms with Gasteiger partial charge in [-0.05, 0) is 43.3 Å². The van der Waals surface area contributed by atoms with Crippen LogP contribution in [-0.2, 0) is 24.3 Å². The maximum Gasteiger partial charge on any atom is 0.243 e. The first-order valence-electron chi connectivity index (χ1n) is 10.1. The highest BCUT2D eigenvalue weighted by Gasteiger charge is 2.32. The number of hydrogen-bond acceptors (Lipinski definition) is 6. The normalized spacial score (nSPS) is 16.3. The van der Waals surface area contributed by atoms with Crippen LogP contribution in [0, 0.1) is 0 Å². The highest BCUT2D eigenvalue weighted by atomic mass is 32.2. The van der Waals surface area contributed by atoms with Crippen molar-refractivity contribution in [2.45, 2.75) is 24.3 Å². The van der Waals surface area contributed by atoms with Gasteiger partial charge in [0.05, 0.1) is 29.4 Å². The summed E-state index contributed by atoms with van der Waals surface area (Å²) in [7, 11) is -0.986. The number of hydrogen-bond donors (Lipinski definition) is 1. The number of ether oxygens (including phenoxy) is 2. The van der Waals surface area contributed by atoms with Crippen molar-refractivity contribution < 1.29 is 27.5 Å². The third-order valence-electron chi connectivity index (χ3n) is 5.07. The number of methoxy groups -OCH3 is 1. The van der Waals surface area contributed by atoms with Gasteiger partial charge in [0, 0.05) is 26.6 Å². The molecule has 1 atom stereocenters. The fraction of sp³-hybridized carbons (Fsp3) is 0.364. The Kier molecular flexibility index (Phi) is 7.49. The number of nitrogens with one attached hydrogen (secondary N) is 1. The number of nitrogens with zero attached hydrogens (tertiary/aromatic N) is 2. The predicted octanol–water partition coefficient (Wildman–Crippen LogP) is 2.10. The number of benzene rings is 2. The average molecular weight is 462 g/mol. The second-order valence-electron chi connectivity index (χ2n) is 7.46. The van der Waals surface area contributed by atoms with E-state index in [0.717, 1.165) is 4.31 Å². The Bertz CT molecular complexity index is 1070. The molecule has 1 unspecified atom stereocenters. The molecule has 1 N–H and O–H groups in total. The van der Waals surface area contributed by atoms with Crippen LogP contribution in [0.4, 0.5) is 11.4 Å². The van der Waals surface area contributed by atoms with Gasteiger partial charge in [0.1, 0.15) is 12.4 Å². The van der Waals surface area contributed by atoms with Gasteiger partial charge in [0.2, 0.25) is 21.8 Å². The van der Waals surface area contributed by atoms with E-state index in [1.165, 1.54) is 24.1 Å². The van der Waals surface area contributed by atoms with Crippen molar-refractivity contribution in [1.82, 2.24) is 4.31 Å². The predicted molar refractivity (Wildman–Crippen MR) is 120 cm³/mol. The molecule has 172 valence electrons. The van der Waals surface area contributed by atoms with Crippen LogP contribution in [0.2, 0.25) is 0 Å². The molecule has 32 heavy (non-hydrogen) atoms. The van der Waals surface area contributed by atoms with E-state index in [9.17, 15) is 18.0 Å². The number of sulfonamides is 1. The van der Waals surface area contributed by atoms with E-state index in [4.69, 9.17) is 9.47 Å². The molecular weight excluding hydrogens is 434 g/mol. The largest absolute Gasteiger partial charge is 0.491 e. The summed E-state index contributed by atoms with van der Waals surface area (Å²) in [6.07, 6.45) is 0.113. The van der Waals surface area contributed by atoms with Crippen LogP contribution in [0.1, 0.15) is 13.3 Å². The van der Waals surface area contributed by atoms with E-state index in [0.29, 0.717) is 30.3 Å². The molecule has 1 aliphatic rings. The van der Waals surface area contributed by atoms with Gasteiger partial charge in [-0.3, -0.25) is 9.59 Å². The molecule has 2 amide bonds.